The fraction of sp³-hybridized carbons (Fsp3) is 0.182. The highest BCUT2D eigenvalue weighted by Gasteiger charge is 2.40. The van der Waals surface area contributed by atoms with Gasteiger partial charge in [-0.3, -0.25) is 19.4 Å². The summed E-state index contributed by atoms with van der Waals surface area (Å²) < 4.78 is 5.20. The summed E-state index contributed by atoms with van der Waals surface area (Å²) >= 11 is 10.3. The molecule has 5 N–H and O–H groups in total. The number of thiol groups is 1. The average Bonchev–Trinajstić information content (AvgIpc) is 2.97. The van der Waals surface area contributed by atoms with E-state index in [9.17, 15) is 19.2 Å². The van der Waals surface area contributed by atoms with Crippen molar-refractivity contribution in [3.8, 4) is 5.75 Å². The number of nitrogens with one attached hydrogen (secondary N) is 1. The number of aliphatic hydroxyl groups is 1. The summed E-state index contributed by atoms with van der Waals surface area (Å²) in [6, 6.07) is 21.4. The second-order valence-electron chi connectivity index (χ2n) is 9.86. The van der Waals surface area contributed by atoms with Gasteiger partial charge in [0.2, 0.25) is 0 Å². The van der Waals surface area contributed by atoms with Crippen LogP contribution in [0.15, 0.2) is 83.9 Å². The number of carbonyl (C=O) groups excluding carboxylic acids is 1. The number of anilines is 2. The van der Waals surface area contributed by atoms with Crippen molar-refractivity contribution < 1.29 is 44.3 Å². The maximum Gasteiger partial charge on any atom is 0.336 e. The molecule has 13 heteroatoms. The molecule has 0 amide bonds. The van der Waals surface area contributed by atoms with Crippen LogP contribution in [0.4, 0.5) is 11.4 Å². The van der Waals surface area contributed by atoms with E-state index in [0.29, 0.717) is 5.02 Å². The standard InChI is InChI=1S/C15H11ClN2S.C12H14O2.C6H8O7/c16-10-1-6-13-14(7-8-17-15(13)9-10)18-11-2-4-12(19)5-3-11;1-9-4-6-11(7-5-10(2)13)12(8-9)14-3;7-3(8)1-6(13,5(11)12)2-4(9)10/h1-9,19H,(H,17,18);4-8H,1-3H3;13H,1-2H2,(H,7,8)(H,9,10)(H,11,12)/b;7-5+;. The molecule has 0 saturated heterocycles. The van der Waals surface area contributed by atoms with Gasteiger partial charge in [-0.05, 0) is 86.2 Å². The first-order valence-electron chi connectivity index (χ1n) is 13.5. The van der Waals surface area contributed by atoms with Crippen LogP contribution >= 0.6 is 24.2 Å². The number of benzene rings is 3. The Hall–Kier alpha value is -4.91. The number of carboxylic acid groups (broad SMARTS) is 3. The molecule has 0 aliphatic heterocycles. The molecule has 0 aliphatic rings. The van der Waals surface area contributed by atoms with Crippen molar-refractivity contribution in [2.75, 3.05) is 12.4 Å². The van der Waals surface area contributed by atoms with E-state index in [1.165, 1.54) is 13.0 Å². The lowest BCUT2D eigenvalue weighted by Gasteiger charge is -2.18. The van der Waals surface area contributed by atoms with Crippen LogP contribution < -0.4 is 10.1 Å². The Labute approximate surface area is 275 Å². The first-order valence-corrected chi connectivity index (χ1v) is 14.3. The quantitative estimate of drug-likeness (QED) is 0.0826. The van der Waals surface area contributed by atoms with Gasteiger partial charge in [-0.25, -0.2) is 4.79 Å². The SMILES string of the molecule is COc1cc(C)ccc1/C=C/C(C)=O.O=C(O)CC(O)(CC(=O)O)C(=O)O.Sc1ccc(Nc2ccnc3cc(Cl)ccc23)cc1. The van der Waals surface area contributed by atoms with Crippen molar-refractivity contribution in [3.63, 3.8) is 0 Å². The minimum atomic E-state index is -2.74. The monoisotopic (exact) mass is 668 g/mol. The van der Waals surface area contributed by atoms with Gasteiger partial charge in [-0.2, -0.15) is 0 Å². The Kier molecular flexibility index (Phi) is 14.2. The molecule has 0 fully saturated rings. The molecule has 0 spiro atoms. The molecule has 11 nitrogen and oxygen atoms in total. The van der Waals surface area contributed by atoms with Crippen LogP contribution in [0, 0.1) is 6.92 Å². The molecule has 242 valence electrons. The number of nitrogens with zero attached hydrogens (tertiary/aromatic N) is 1. The van der Waals surface area contributed by atoms with Gasteiger partial charge in [0.05, 0.1) is 25.5 Å². The van der Waals surface area contributed by atoms with Crippen molar-refractivity contribution >= 4 is 76.3 Å². The molecule has 4 aromatic rings. The third-order valence-corrected chi connectivity index (χ3v) is 6.56. The largest absolute Gasteiger partial charge is 0.496 e. The van der Waals surface area contributed by atoms with Gasteiger partial charge in [-0.15, -0.1) is 12.6 Å². The van der Waals surface area contributed by atoms with E-state index in [-0.39, 0.29) is 5.78 Å². The highest BCUT2D eigenvalue weighted by molar-refractivity contribution is 7.80. The smallest absolute Gasteiger partial charge is 0.336 e. The van der Waals surface area contributed by atoms with E-state index in [1.54, 1.807) is 19.4 Å². The number of carboxylic acids is 3. The number of ketones is 1. The Morgan fingerprint density at radius 2 is 1.59 bits per heavy atom. The lowest BCUT2D eigenvalue weighted by Crippen LogP contribution is -2.42. The number of fused-ring (bicyclic) bond motifs is 1. The van der Waals surface area contributed by atoms with E-state index in [0.717, 1.165) is 44.0 Å². The summed E-state index contributed by atoms with van der Waals surface area (Å²) in [6.07, 6.45) is 2.78. The molecule has 4 rings (SSSR count). The Bertz CT molecular complexity index is 1710. The summed E-state index contributed by atoms with van der Waals surface area (Å²) in [5, 5.41) is 38.9. The van der Waals surface area contributed by atoms with Crippen molar-refractivity contribution in [3.05, 3.63) is 95.2 Å². The van der Waals surface area contributed by atoms with Crippen LogP contribution in [0.25, 0.3) is 17.0 Å². The molecule has 3 aromatic carbocycles. The van der Waals surface area contributed by atoms with Crippen LogP contribution in [0.1, 0.15) is 30.9 Å². The average molecular weight is 669 g/mol. The second-order valence-corrected chi connectivity index (χ2v) is 10.8. The predicted molar refractivity (Wildman–Crippen MR) is 178 cm³/mol. The number of rotatable bonds is 10. The zero-order valence-corrected chi connectivity index (χ0v) is 26.7. The van der Waals surface area contributed by atoms with E-state index in [4.69, 9.17) is 36.8 Å². The minimum Gasteiger partial charge on any atom is -0.496 e. The van der Waals surface area contributed by atoms with Gasteiger partial charge in [0.15, 0.2) is 11.4 Å². The molecular weight excluding hydrogens is 636 g/mol. The lowest BCUT2D eigenvalue weighted by atomic mass is 9.96. The normalized spacial score (nSPS) is 10.7. The van der Waals surface area contributed by atoms with Gasteiger partial charge >= 0.3 is 17.9 Å². The lowest BCUT2D eigenvalue weighted by molar-refractivity contribution is -0.170. The summed E-state index contributed by atoms with van der Waals surface area (Å²) in [5.74, 6) is -4.19. The molecule has 0 unspecified atom stereocenters. The van der Waals surface area contributed by atoms with Crippen LogP contribution in [-0.4, -0.2) is 61.8 Å². The molecular formula is C33H33ClN2O9S. The molecule has 0 saturated carbocycles. The highest BCUT2D eigenvalue weighted by atomic mass is 35.5. The van der Waals surface area contributed by atoms with Gasteiger partial charge in [0, 0.05) is 38.4 Å². The fourth-order valence-electron chi connectivity index (χ4n) is 3.81. The molecule has 0 aliphatic carbocycles. The van der Waals surface area contributed by atoms with Gasteiger partial charge in [0.1, 0.15) is 5.75 Å². The number of aliphatic carboxylic acids is 3. The number of aromatic nitrogens is 1. The van der Waals surface area contributed by atoms with Crippen LogP contribution in [0.5, 0.6) is 5.75 Å². The van der Waals surface area contributed by atoms with E-state index in [1.807, 2.05) is 73.7 Å². The fourth-order valence-corrected chi connectivity index (χ4v) is 4.12. The Morgan fingerprint density at radius 3 is 2.13 bits per heavy atom. The highest BCUT2D eigenvalue weighted by Crippen LogP contribution is 2.27. The van der Waals surface area contributed by atoms with E-state index < -0.39 is 36.4 Å². The van der Waals surface area contributed by atoms with Gasteiger partial charge < -0.3 is 30.5 Å². The number of ether oxygens (including phenoxy) is 1. The van der Waals surface area contributed by atoms with E-state index in [2.05, 4.69) is 22.9 Å². The summed E-state index contributed by atoms with van der Waals surface area (Å²) in [6.45, 7) is 3.53. The minimum absolute atomic E-state index is 0.0348. The molecule has 46 heavy (non-hydrogen) atoms. The molecule has 0 bridgehead atoms. The number of allylic oxidation sites excluding steroid dienone is 1. The second kappa shape index (κ2) is 17.5. The number of hydrogen-bond acceptors (Lipinski definition) is 9. The van der Waals surface area contributed by atoms with Crippen molar-refractivity contribution in [2.24, 2.45) is 0 Å². The number of halogens is 1. The summed E-state index contributed by atoms with van der Waals surface area (Å²) in [7, 11) is 1.62. The topological polar surface area (TPSA) is 183 Å². The van der Waals surface area contributed by atoms with E-state index >= 15 is 0 Å². The molecule has 0 atom stereocenters. The maximum atomic E-state index is 10.8. The number of carbonyl (C=O) groups is 4. The predicted octanol–water partition coefficient (Wildman–Crippen LogP) is 6.28. The molecule has 1 heterocycles. The van der Waals surface area contributed by atoms with Gasteiger partial charge in [-0.1, -0.05) is 23.7 Å². The number of aryl methyl sites for hydroxylation is 1. The maximum absolute atomic E-state index is 10.8. The number of hydrogen-bond donors (Lipinski definition) is 6. The zero-order valence-electron chi connectivity index (χ0n) is 25.1. The number of pyridine rings is 1. The van der Waals surface area contributed by atoms with Crippen molar-refractivity contribution in [1.82, 2.24) is 4.98 Å². The summed E-state index contributed by atoms with van der Waals surface area (Å²) in [5.41, 5.74) is 2.23. The first kappa shape index (κ1) is 37.3. The Morgan fingerprint density at radius 1 is 0.957 bits per heavy atom. The zero-order chi connectivity index (χ0) is 34.4. The van der Waals surface area contributed by atoms with Crippen LogP contribution in [-0.2, 0) is 19.2 Å². The van der Waals surface area contributed by atoms with Crippen molar-refractivity contribution in [1.29, 1.82) is 0 Å². The Balaban J connectivity index is 0.000000247. The molecule has 0 radical (unpaired) electrons. The van der Waals surface area contributed by atoms with Crippen LogP contribution in [0.2, 0.25) is 5.02 Å². The number of methoxy groups -OCH3 is 1. The third-order valence-electron chi connectivity index (χ3n) is 6.02. The molecule has 1 aromatic heterocycles. The third kappa shape index (κ3) is 12.2. The van der Waals surface area contributed by atoms with Crippen molar-refractivity contribution in [2.45, 2.75) is 37.2 Å². The summed E-state index contributed by atoms with van der Waals surface area (Å²) in [4.78, 5) is 46.5. The van der Waals surface area contributed by atoms with Crippen LogP contribution in [0.3, 0.4) is 0 Å². The first-order chi connectivity index (χ1) is 21.6. The van der Waals surface area contributed by atoms with Gasteiger partial charge in [0.25, 0.3) is 0 Å².